The summed E-state index contributed by atoms with van der Waals surface area (Å²) in [6, 6.07) is 3.61. The van der Waals surface area contributed by atoms with E-state index in [9.17, 15) is 14.0 Å². The van der Waals surface area contributed by atoms with Gasteiger partial charge < -0.3 is 21.1 Å². The highest BCUT2D eigenvalue weighted by atomic mass is 19.1. The number of aromatic nitrogens is 4. The summed E-state index contributed by atoms with van der Waals surface area (Å²) in [6.07, 6.45) is 5.41. The number of hydrogen-bond acceptors (Lipinski definition) is 9. The van der Waals surface area contributed by atoms with E-state index < -0.39 is 12.1 Å². The number of amides is 1. The molecule has 2 aliphatic carbocycles. The van der Waals surface area contributed by atoms with Crippen molar-refractivity contribution in [1.29, 1.82) is 0 Å². The summed E-state index contributed by atoms with van der Waals surface area (Å²) < 4.78 is 19.0. The van der Waals surface area contributed by atoms with E-state index in [1.165, 1.54) is 0 Å². The molecule has 0 unspecified atom stereocenters. The third kappa shape index (κ3) is 5.39. The van der Waals surface area contributed by atoms with Crippen molar-refractivity contribution in [3.05, 3.63) is 29.3 Å². The molecular weight excluding hydrogens is 465 g/mol. The highest BCUT2D eigenvalue weighted by Crippen LogP contribution is 2.33. The van der Waals surface area contributed by atoms with Crippen LogP contribution in [0.5, 0.6) is 6.01 Å². The van der Waals surface area contributed by atoms with Crippen molar-refractivity contribution in [2.24, 2.45) is 17.6 Å². The van der Waals surface area contributed by atoms with Crippen LogP contribution in [-0.4, -0.2) is 57.5 Å². The summed E-state index contributed by atoms with van der Waals surface area (Å²) in [5, 5.41) is 0. The minimum absolute atomic E-state index is 0.0920. The number of primary amides is 1. The zero-order chi connectivity index (χ0) is 25.2. The molecule has 1 amide bonds. The summed E-state index contributed by atoms with van der Waals surface area (Å²) in [6.45, 7) is 1.59. The van der Waals surface area contributed by atoms with Gasteiger partial charge in [-0.1, -0.05) is 6.42 Å². The first-order chi connectivity index (χ1) is 17.4. The van der Waals surface area contributed by atoms with Gasteiger partial charge in [-0.15, -0.1) is 0 Å². The average molecular weight is 498 g/mol. The zero-order valence-electron chi connectivity index (χ0n) is 20.2. The van der Waals surface area contributed by atoms with Gasteiger partial charge in [-0.25, -0.2) is 9.37 Å². The molecule has 3 aliphatic rings. The van der Waals surface area contributed by atoms with Crippen molar-refractivity contribution in [3.8, 4) is 6.01 Å². The van der Waals surface area contributed by atoms with E-state index in [0.29, 0.717) is 50.8 Å². The maximum absolute atomic E-state index is 13.2. The van der Waals surface area contributed by atoms with Gasteiger partial charge in [0, 0.05) is 31.1 Å². The molecule has 36 heavy (non-hydrogen) atoms. The molecule has 3 fully saturated rings. The molecule has 10 nitrogen and oxygen atoms in total. The zero-order valence-corrected chi connectivity index (χ0v) is 20.2. The smallest absolute Gasteiger partial charge is 0.321 e. The Morgan fingerprint density at radius 3 is 2.42 bits per heavy atom. The summed E-state index contributed by atoms with van der Waals surface area (Å²) >= 11 is 0. The van der Waals surface area contributed by atoms with Crippen molar-refractivity contribution in [1.82, 2.24) is 19.9 Å². The third-order valence-corrected chi connectivity index (χ3v) is 7.56. The maximum Gasteiger partial charge on any atom is 0.321 e. The second-order valence-corrected chi connectivity index (χ2v) is 10.2. The highest BCUT2D eigenvalue weighted by molar-refractivity contribution is 5.95. The van der Waals surface area contributed by atoms with Crippen LogP contribution in [0.4, 0.5) is 16.0 Å². The van der Waals surface area contributed by atoms with Crippen molar-refractivity contribution in [2.45, 2.75) is 63.5 Å². The number of pyridine rings is 1. The monoisotopic (exact) mass is 497 g/mol. The second-order valence-electron chi connectivity index (χ2n) is 10.2. The van der Waals surface area contributed by atoms with Crippen LogP contribution in [0.1, 0.15) is 84.1 Å². The van der Waals surface area contributed by atoms with Gasteiger partial charge in [0.1, 0.15) is 6.17 Å². The van der Waals surface area contributed by atoms with Gasteiger partial charge in [0.15, 0.2) is 5.69 Å². The van der Waals surface area contributed by atoms with Crippen LogP contribution in [0.2, 0.25) is 0 Å². The van der Waals surface area contributed by atoms with Crippen LogP contribution in [0.25, 0.3) is 0 Å². The van der Waals surface area contributed by atoms with Gasteiger partial charge in [0.05, 0.1) is 12.3 Å². The maximum atomic E-state index is 13.2. The number of carbonyl (C=O) groups excluding carboxylic acids is 2. The van der Waals surface area contributed by atoms with Gasteiger partial charge in [-0.05, 0) is 62.5 Å². The molecule has 4 N–H and O–H groups in total. The molecule has 2 aromatic rings. The normalized spacial score (nSPS) is 22.5. The lowest BCUT2D eigenvalue weighted by molar-refractivity contribution is 0.0815. The Morgan fingerprint density at radius 1 is 1.03 bits per heavy atom. The van der Waals surface area contributed by atoms with E-state index in [1.54, 1.807) is 6.07 Å². The molecule has 0 bridgehead atoms. The minimum atomic E-state index is -0.761. The Kier molecular flexibility index (Phi) is 6.97. The van der Waals surface area contributed by atoms with Gasteiger partial charge in [0.25, 0.3) is 5.91 Å². The molecule has 0 spiro atoms. The lowest BCUT2D eigenvalue weighted by atomic mass is 9.82. The third-order valence-electron chi connectivity index (χ3n) is 7.56. The number of carbonyl (C=O) groups is 2. The molecule has 0 aromatic carbocycles. The van der Waals surface area contributed by atoms with E-state index in [0.717, 1.165) is 37.8 Å². The van der Waals surface area contributed by atoms with Crippen LogP contribution in [0.3, 0.4) is 0 Å². The molecule has 5 rings (SSSR count). The lowest BCUT2D eigenvalue weighted by Crippen LogP contribution is -2.35. The van der Waals surface area contributed by atoms with Crippen molar-refractivity contribution in [2.75, 3.05) is 30.3 Å². The van der Waals surface area contributed by atoms with E-state index >= 15 is 0 Å². The summed E-state index contributed by atoms with van der Waals surface area (Å²) in [4.78, 5) is 44.2. The number of piperidine rings is 1. The minimum Gasteiger partial charge on any atom is -0.463 e. The number of halogens is 1. The number of hydrogen-bond donors (Lipinski definition) is 2. The molecule has 0 atom stereocenters. The molecule has 2 aromatic heterocycles. The fraction of sp³-hybridized carbons (Fsp3) is 0.600. The Balaban J connectivity index is 1.29. The quantitative estimate of drug-likeness (QED) is 0.498. The molecule has 192 valence electrons. The predicted octanol–water partition coefficient (Wildman–Crippen LogP) is 2.83. The Labute approximate surface area is 209 Å². The van der Waals surface area contributed by atoms with Gasteiger partial charge in [0.2, 0.25) is 17.6 Å². The van der Waals surface area contributed by atoms with Crippen molar-refractivity contribution >= 4 is 23.3 Å². The van der Waals surface area contributed by atoms with Crippen LogP contribution in [0.15, 0.2) is 12.1 Å². The molecular formula is C25H32FN7O3. The van der Waals surface area contributed by atoms with Gasteiger partial charge >= 0.3 is 6.01 Å². The standard InChI is InChI=1S/C25H32FN7O3/c26-17-10-15(11-17)13-36-25-31-23(20(34)12-14-2-1-3-14)30-24(32-25)33-8-6-16(7-9-33)19-5-4-18(27)21(29-19)22(28)35/h4-5,14-17H,1-3,6-13,27H2,(H2,28,35). The Bertz CT molecular complexity index is 1130. The van der Waals surface area contributed by atoms with Crippen molar-refractivity contribution < 1.29 is 18.7 Å². The molecule has 0 radical (unpaired) electrons. The van der Waals surface area contributed by atoms with Crippen molar-refractivity contribution in [3.63, 3.8) is 0 Å². The number of nitrogens with zero attached hydrogens (tertiary/aromatic N) is 5. The molecule has 1 saturated heterocycles. The largest absolute Gasteiger partial charge is 0.463 e. The number of anilines is 2. The summed E-state index contributed by atoms with van der Waals surface area (Å²) in [5.74, 6) is 0.468. The number of nitrogens with two attached hydrogens (primary N) is 2. The lowest BCUT2D eigenvalue weighted by Gasteiger charge is -2.32. The van der Waals surface area contributed by atoms with E-state index in [2.05, 4.69) is 19.9 Å². The SMILES string of the molecule is NC(=O)c1nc(C2CCN(c3nc(OCC4CC(F)C4)nc(C(=O)CC4CCC4)n3)CC2)ccc1N. The number of ketones is 1. The first-order valence-corrected chi connectivity index (χ1v) is 12.7. The topological polar surface area (TPSA) is 150 Å². The van der Waals surface area contributed by atoms with E-state index in [1.807, 2.05) is 11.0 Å². The van der Waals surface area contributed by atoms with Crippen LogP contribution < -0.4 is 21.1 Å². The number of ether oxygens (including phenoxy) is 1. The first kappa shape index (κ1) is 24.3. The molecule has 2 saturated carbocycles. The van der Waals surface area contributed by atoms with Crippen LogP contribution >= 0.6 is 0 Å². The van der Waals surface area contributed by atoms with E-state index in [-0.39, 0.29) is 40.8 Å². The highest BCUT2D eigenvalue weighted by Gasteiger charge is 2.31. The summed E-state index contributed by atoms with van der Waals surface area (Å²) in [7, 11) is 0. The average Bonchev–Trinajstić information content (AvgIpc) is 2.83. The number of nitrogen functional groups attached to an aromatic ring is 1. The Hall–Kier alpha value is -3.37. The molecule has 11 heteroatoms. The number of alkyl halides is 1. The van der Waals surface area contributed by atoms with Gasteiger partial charge in [-0.3, -0.25) is 9.59 Å². The Morgan fingerprint density at radius 2 is 1.78 bits per heavy atom. The second kappa shape index (κ2) is 10.3. The van der Waals surface area contributed by atoms with E-state index in [4.69, 9.17) is 16.2 Å². The summed E-state index contributed by atoms with van der Waals surface area (Å²) in [5.41, 5.74) is 12.4. The fourth-order valence-corrected chi connectivity index (χ4v) is 4.99. The van der Waals surface area contributed by atoms with Crippen LogP contribution in [0, 0.1) is 11.8 Å². The van der Waals surface area contributed by atoms with Gasteiger partial charge in [-0.2, -0.15) is 15.0 Å². The van der Waals surface area contributed by atoms with Crippen LogP contribution in [-0.2, 0) is 0 Å². The first-order valence-electron chi connectivity index (χ1n) is 12.7. The molecule has 1 aliphatic heterocycles. The molecule has 3 heterocycles. The predicted molar refractivity (Wildman–Crippen MR) is 131 cm³/mol. The number of rotatable bonds is 9. The fourth-order valence-electron chi connectivity index (χ4n) is 4.99. The number of Topliss-reactive ketones (excluding diaryl/α,β-unsaturated/α-hetero) is 1.